The van der Waals surface area contributed by atoms with Crippen LogP contribution >= 0.6 is 0 Å². The standard InChI is InChI=1S/C30H47N5OSi/c1-4-37(5-2,6-3)21-20-36-22-24(30-34-26-14-7-8-15-27(26)35-30)25(17-10-18-31)33-28-16-9-12-23-13-11-19-32-29(23)28/h7-8,11,13-15,19,24-25,28,33H,4-6,9-10,12,16-18,20-22,31H2,1-3H3,(H,34,35). The Morgan fingerprint density at radius 1 is 1.14 bits per heavy atom. The van der Waals surface area contributed by atoms with Gasteiger partial charge in [0.2, 0.25) is 0 Å². The maximum absolute atomic E-state index is 6.51. The summed E-state index contributed by atoms with van der Waals surface area (Å²) in [7, 11) is -1.21. The van der Waals surface area contributed by atoms with Gasteiger partial charge in [0.1, 0.15) is 5.82 Å². The number of nitrogens with zero attached hydrogens (tertiary/aromatic N) is 2. The molecular formula is C30H47N5OSi. The highest BCUT2D eigenvalue weighted by atomic mass is 28.3. The third kappa shape index (κ3) is 6.88. The van der Waals surface area contributed by atoms with Crippen molar-refractivity contribution in [3.8, 4) is 0 Å². The monoisotopic (exact) mass is 521 g/mol. The van der Waals surface area contributed by atoms with Crippen LogP contribution in [-0.2, 0) is 11.2 Å². The molecule has 0 aliphatic heterocycles. The molecular weight excluding hydrogens is 474 g/mol. The third-order valence-electron chi connectivity index (χ3n) is 8.90. The average Bonchev–Trinajstić information content (AvgIpc) is 3.38. The summed E-state index contributed by atoms with van der Waals surface area (Å²) in [5, 5.41) is 4.03. The molecule has 0 bridgehead atoms. The first-order chi connectivity index (χ1) is 18.1. The topological polar surface area (TPSA) is 88.8 Å². The molecule has 1 aliphatic carbocycles. The van der Waals surface area contributed by atoms with Gasteiger partial charge < -0.3 is 20.8 Å². The Kier molecular flexibility index (Phi) is 10.3. The van der Waals surface area contributed by atoms with E-state index in [1.165, 1.54) is 41.9 Å². The van der Waals surface area contributed by atoms with Crippen LogP contribution in [0.1, 0.15) is 75.5 Å². The van der Waals surface area contributed by atoms with Gasteiger partial charge in [-0.25, -0.2) is 4.98 Å². The van der Waals surface area contributed by atoms with Gasteiger partial charge in [-0.2, -0.15) is 0 Å². The number of nitrogens with one attached hydrogen (secondary N) is 2. The molecule has 2 aromatic heterocycles. The molecule has 37 heavy (non-hydrogen) atoms. The van der Waals surface area contributed by atoms with Gasteiger partial charge in [-0.05, 0) is 68.5 Å². The molecule has 0 fully saturated rings. The van der Waals surface area contributed by atoms with E-state index in [0.29, 0.717) is 13.2 Å². The van der Waals surface area contributed by atoms with Crippen LogP contribution < -0.4 is 11.1 Å². The van der Waals surface area contributed by atoms with E-state index < -0.39 is 8.07 Å². The van der Waals surface area contributed by atoms with Crippen LogP contribution in [0.3, 0.4) is 0 Å². The Balaban J connectivity index is 1.57. The van der Waals surface area contributed by atoms with Gasteiger partial charge in [-0.1, -0.05) is 57.1 Å². The van der Waals surface area contributed by atoms with Gasteiger partial charge in [0.15, 0.2) is 0 Å². The summed E-state index contributed by atoms with van der Waals surface area (Å²) in [5.41, 5.74) is 10.7. The first-order valence-electron chi connectivity index (χ1n) is 14.5. The van der Waals surface area contributed by atoms with Crippen molar-refractivity contribution in [2.45, 2.75) is 95.1 Å². The Bertz CT molecular complexity index is 1060. The average molecular weight is 522 g/mol. The Morgan fingerprint density at radius 2 is 1.95 bits per heavy atom. The molecule has 1 aromatic carbocycles. The lowest BCUT2D eigenvalue weighted by Crippen LogP contribution is -2.42. The van der Waals surface area contributed by atoms with Crippen LogP contribution in [0.4, 0.5) is 0 Å². The molecule has 0 amide bonds. The van der Waals surface area contributed by atoms with E-state index in [0.717, 1.165) is 49.1 Å². The van der Waals surface area contributed by atoms with Crippen LogP contribution in [0.15, 0.2) is 42.6 Å². The summed E-state index contributed by atoms with van der Waals surface area (Å²) in [6.07, 6.45) is 7.28. The summed E-state index contributed by atoms with van der Waals surface area (Å²) in [4.78, 5) is 13.5. The van der Waals surface area contributed by atoms with Crippen LogP contribution in [0.25, 0.3) is 11.0 Å². The zero-order valence-corrected chi connectivity index (χ0v) is 24.1. The summed E-state index contributed by atoms with van der Waals surface area (Å²) >= 11 is 0. The molecule has 3 atom stereocenters. The number of aromatic amines is 1. The number of nitrogens with two attached hydrogens (primary N) is 1. The highest BCUT2D eigenvalue weighted by Crippen LogP contribution is 2.32. The van der Waals surface area contributed by atoms with Crippen molar-refractivity contribution in [1.29, 1.82) is 0 Å². The second kappa shape index (κ2) is 13.6. The van der Waals surface area contributed by atoms with E-state index in [1.54, 1.807) is 0 Å². The molecule has 202 valence electrons. The summed E-state index contributed by atoms with van der Waals surface area (Å²) < 4.78 is 6.51. The fourth-order valence-electron chi connectivity index (χ4n) is 6.08. The molecule has 4 rings (SSSR count). The van der Waals surface area contributed by atoms with Crippen molar-refractivity contribution < 1.29 is 4.74 Å². The van der Waals surface area contributed by atoms with Gasteiger partial charge in [-0.15, -0.1) is 0 Å². The highest BCUT2D eigenvalue weighted by molar-refractivity contribution is 6.79. The lowest BCUT2D eigenvalue weighted by Gasteiger charge is -2.34. The number of hydrogen-bond donors (Lipinski definition) is 3. The minimum atomic E-state index is -1.21. The van der Waals surface area contributed by atoms with Crippen LogP contribution in [-0.4, -0.2) is 48.8 Å². The van der Waals surface area contributed by atoms with Crippen LogP contribution in [0.2, 0.25) is 24.2 Å². The van der Waals surface area contributed by atoms with Gasteiger partial charge in [0.25, 0.3) is 0 Å². The molecule has 0 spiro atoms. The van der Waals surface area contributed by atoms with Crippen molar-refractivity contribution >= 4 is 19.1 Å². The number of pyridine rings is 1. The number of hydrogen-bond acceptors (Lipinski definition) is 5. The molecule has 0 radical (unpaired) electrons. The van der Waals surface area contributed by atoms with E-state index >= 15 is 0 Å². The van der Waals surface area contributed by atoms with Crippen LogP contribution in [0.5, 0.6) is 0 Å². The summed E-state index contributed by atoms with van der Waals surface area (Å²) in [6.45, 7) is 9.31. The maximum Gasteiger partial charge on any atom is 0.114 e. The van der Waals surface area contributed by atoms with E-state index in [9.17, 15) is 0 Å². The number of H-pyrrole nitrogens is 1. The predicted octanol–water partition coefficient (Wildman–Crippen LogP) is 6.34. The first kappa shape index (κ1) is 28.0. The lowest BCUT2D eigenvalue weighted by atomic mass is 9.88. The minimum Gasteiger partial charge on any atom is -0.381 e. The Hall–Kier alpha value is -2.06. The largest absolute Gasteiger partial charge is 0.381 e. The van der Waals surface area contributed by atoms with Gasteiger partial charge >= 0.3 is 0 Å². The van der Waals surface area contributed by atoms with E-state index in [4.69, 9.17) is 20.4 Å². The molecule has 3 unspecified atom stereocenters. The van der Waals surface area contributed by atoms with Crippen LogP contribution in [0, 0.1) is 0 Å². The molecule has 0 saturated heterocycles. The zero-order valence-electron chi connectivity index (χ0n) is 23.1. The van der Waals surface area contributed by atoms with E-state index in [1.807, 2.05) is 6.20 Å². The number of ether oxygens (including phenoxy) is 1. The molecule has 2 heterocycles. The van der Waals surface area contributed by atoms with Gasteiger partial charge in [-0.3, -0.25) is 4.98 Å². The quantitative estimate of drug-likeness (QED) is 0.160. The SMILES string of the molecule is CC[Si](CC)(CC)CCOCC(c1nc2ccccc2[nH]1)C(CCCN)NC1CCCc2cccnc21. The molecule has 0 saturated carbocycles. The predicted molar refractivity (Wildman–Crippen MR) is 157 cm³/mol. The Labute approximate surface area is 224 Å². The number of aryl methyl sites for hydroxylation is 1. The first-order valence-corrected chi connectivity index (χ1v) is 17.4. The second-order valence-electron chi connectivity index (χ2n) is 10.8. The minimum absolute atomic E-state index is 0.119. The van der Waals surface area contributed by atoms with Crippen molar-refractivity contribution in [3.05, 3.63) is 59.7 Å². The van der Waals surface area contributed by atoms with Crippen molar-refractivity contribution in [1.82, 2.24) is 20.3 Å². The number of aromatic nitrogens is 3. The number of rotatable bonds is 15. The van der Waals surface area contributed by atoms with Crippen molar-refractivity contribution in [2.24, 2.45) is 5.73 Å². The molecule has 3 aromatic rings. The number of para-hydroxylation sites is 2. The van der Waals surface area contributed by atoms with E-state index in [2.05, 4.69) is 67.5 Å². The van der Waals surface area contributed by atoms with Gasteiger partial charge in [0, 0.05) is 24.9 Å². The van der Waals surface area contributed by atoms with Crippen molar-refractivity contribution in [2.75, 3.05) is 19.8 Å². The molecule has 6 nitrogen and oxygen atoms in total. The van der Waals surface area contributed by atoms with E-state index in [-0.39, 0.29) is 18.0 Å². The Morgan fingerprint density at radius 3 is 2.70 bits per heavy atom. The third-order valence-corrected chi connectivity index (χ3v) is 14.7. The fraction of sp³-hybridized carbons (Fsp3) is 0.600. The summed E-state index contributed by atoms with van der Waals surface area (Å²) in [6, 6.07) is 18.3. The van der Waals surface area contributed by atoms with Crippen molar-refractivity contribution in [3.63, 3.8) is 0 Å². The smallest absolute Gasteiger partial charge is 0.114 e. The van der Waals surface area contributed by atoms with Gasteiger partial charge in [0.05, 0.1) is 37.3 Å². The maximum atomic E-state index is 6.51. The number of fused-ring (bicyclic) bond motifs is 2. The lowest BCUT2D eigenvalue weighted by molar-refractivity contribution is 0.112. The molecule has 7 heteroatoms. The normalized spacial score (nSPS) is 17.6. The highest BCUT2D eigenvalue weighted by Gasteiger charge is 2.32. The number of benzene rings is 1. The molecule has 4 N–H and O–H groups in total. The zero-order chi connectivity index (χ0) is 26.1. The fourth-order valence-corrected chi connectivity index (χ4v) is 9.22. The molecule has 1 aliphatic rings. The number of imidazole rings is 1. The summed E-state index contributed by atoms with van der Waals surface area (Å²) in [5.74, 6) is 1.13. The second-order valence-corrected chi connectivity index (χ2v) is 16.4.